The number of hydrogen-bond donors (Lipinski definition) is 1. The van der Waals surface area contributed by atoms with Crippen molar-refractivity contribution in [3.8, 4) is 11.5 Å². The van der Waals surface area contributed by atoms with Gasteiger partial charge in [-0.05, 0) is 48.7 Å². The van der Waals surface area contributed by atoms with Crippen LogP contribution in [0.15, 0.2) is 42.5 Å². The summed E-state index contributed by atoms with van der Waals surface area (Å²) in [5.74, 6) is 0.885. The van der Waals surface area contributed by atoms with E-state index < -0.39 is 40.4 Å². The van der Waals surface area contributed by atoms with Crippen LogP contribution < -0.4 is 14.4 Å². The van der Waals surface area contributed by atoms with Crippen LogP contribution in [0.1, 0.15) is 30.4 Å². The Morgan fingerprint density at radius 1 is 1.15 bits per heavy atom. The van der Waals surface area contributed by atoms with Gasteiger partial charge in [0, 0.05) is 26.2 Å². The number of fused-ring (bicyclic) bond motifs is 1. The minimum absolute atomic E-state index is 0.0496. The SMILES string of the molecule is COCCCN1CCOc2ccc(CO[C@H]3CN(C(=O)O)C(C)[C@@H](OS(C)(=O)=O)[C@@H]3c3ccc(OC)cc3)cc21. The lowest BCUT2D eigenvalue weighted by Crippen LogP contribution is -2.59. The molecular weight excluding hydrogens is 540 g/mol. The van der Waals surface area contributed by atoms with Gasteiger partial charge in [-0.15, -0.1) is 0 Å². The van der Waals surface area contributed by atoms with E-state index in [1.54, 1.807) is 33.3 Å². The maximum Gasteiger partial charge on any atom is 0.407 e. The Labute approximate surface area is 235 Å². The molecule has 0 radical (unpaired) electrons. The molecule has 2 heterocycles. The van der Waals surface area contributed by atoms with E-state index in [0.29, 0.717) is 19.0 Å². The summed E-state index contributed by atoms with van der Waals surface area (Å²) < 4.78 is 52.8. The summed E-state index contributed by atoms with van der Waals surface area (Å²) in [4.78, 5) is 15.6. The van der Waals surface area contributed by atoms with Crippen molar-refractivity contribution in [3.05, 3.63) is 53.6 Å². The smallest absolute Gasteiger partial charge is 0.407 e. The van der Waals surface area contributed by atoms with Crippen LogP contribution in [-0.2, 0) is 30.4 Å². The van der Waals surface area contributed by atoms with Crippen molar-refractivity contribution in [3.63, 3.8) is 0 Å². The molecule has 1 amide bonds. The standard InChI is InChI=1S/C28H38N2O9S/c1-19-27(39-40(4,33)34)26(21-7-9-22(36-3)10-8-21)25(17-30(19)28(31)32)38-18-20-6-11-24-23(16-20)29(13-15-37-24)12-5-14-35-2/h6-11,16,19,25-27H,5,12-15,17-18H2,1-4H3,(H,31,32)/t19?,25-,26+,27+/m0/s1. The summed E-state index contributed by atoms with van der Waals surface area (Å²) >= 11 is 0. The first kappa shape index (κ1) is 29.9. The Balaban J connectivity index is 1.62. The average Bonchev–Trinajstić information content (AvgIpc) is 2.92. The van der Waals surface area contributed by atoms with Gasteiger partial charge in [0.1, 0.15) is 24.2 Å². The molecule has 1 saturated heterocycles. The minimum Gasteiger partial charge on any atom is -0.497 e. The number of benzene rings is 2. The van der Waals surface area contributed by atoms with Crippen LogP contribution in [0.2, 0.25) is 0 Å². The van der Waals surface area contributed by atoms with Crippen LogP contribution in [0.5, 0.6) is 11.5 Å². The van der Waals surface area contributed by atoms with Crippen molar-refractivity contribution in [2.75, 3.05) is 58.2 Å². The zero-order chi connectivity index (χ0) is 28.9. The fraction of sp³-hybridized carbons (Fsp3) is 0.536. The first-order valence-electron chi connectivity index (χ1n) is 13.2. The molecule has 0 spiro atoms. The number of rotatable bonds is 11. The van der Waals surface area contributed by atoms with Gasteiger partial charge in [-0.3, -0.25) is 4.18 Å². The van der Waals surface area contributed by atoms with E-state index in [4.69, 9.17) is 23.1 Å². The highest BCUT2D eigenvalue weighted by atomic mass is 32.2. The van der Waals surface area contributed by atoms with Crippen molar-refractivity contribution in [1.29, 1.82) is 0 Å². The number of anilines is 1. The lowest BCUT2D eigenvalue weighted by atomic mass is 9.81. The molecule has 4 atom stereocenters. The Hall–Kier alpha value is -3.06. The Morgan fingerprint density at radius 2 is 1.90 bits per heavy atom. The molecule has 4 rings (SSSR count). The summed E-state index contributed by atoms with van der Waals surface area (Å²) in [7, 11) is -0.657. The second kappa shape index (κ2) is 13.1. The molecule has 2 aliphatic rings. The fourth-order valence-electron chi connectivity index (χ4n) is 5.39. The molecule has 0 aliphatic carbocycles. The van der Waals surface area contributed by atoms with Crippen molar-refractivity contribution >= 4 is 21.9 Å². The van der Waals surface area contributed by atoms with Crippen LogP contribution >= 0.6 is 0 Å². The molecule has 0 bridgehead atoms. The molecule has 12 heteroatoms. The normalized spacial score (nSPS) is 22.9. The molecule has 1 fully saturated rings. The molecule has 0 aromatic heterocycles. The van der Waals surface area contributed by atoms with Gasteiger partial charge in [0.05, 0.1) is 50.9 Å². The van der Waals surface area contributed by atoms with E-state index in [9.17, 15) is 18.3 Å². The topological polar surface area (TPSA) is 124 Å². The highest BCUT2D eigenvalue weighted by molar-refractivity contribution is 7.86. The molecule has 2 aliphatic heterocycles. The van der Waals surface area contributed by atoms with Crippen LogP contribution in [0.25, 0.3) is 0 Å². The fourth-order valence-corrected chi connectivity index (χ4v) is 6.07. The third kappa shape index (κ3) is 7.17. The Kier molecular flexibility index (Phi) is 9.77. The van der Waals surface area contributed by atoms with Crippen molar-refractivity contribution in [2.24, 2.45) is 0 Å². The Morgan fingerprint density at radius 3 is 2.55 bits per heavy atom. The largest absolute Gasteiger partial charge is 0.497 e. The number of amides is 1. The highest BCUT2D eigenvalue weighted by Crippen LogP contribution is 2.39. The predicted octanol–water partition coefficient (Wildman–Crippen LogP) is 3.33. The first-order valence-corrected chi connectivity index (χ1v) is 15.1. The number of carboxylic acid groups (broad SMARTS) is 1. The molecule has 40 heavy (non-hydrogen) atoms. The number of carbonyl (C=O) groups is 1. The van der Waals surface area contributed by atoms with Gasteiger partial charge in [0.15, 0.2) is 0 Å². The second-order valence-corrected chi connectivity index (χ2v) is 11.7. The average molecular weight is 579 g/mol. The summed E-state index contributed by atoms with van der Waals surface area (Å²) in [5.41, 5.74) is 2.62. The molecule has 1 unspecified atom stereocenters. The number of hydrogen-bond acceptors (Lipinski definition) is 9. The quantitative estimate of drug-likeness (QED) is 0.314. The van der Waals surface area contributed by atoms with Gasteiger partial charge in [-0.25, -0.2) is 4.79 Å². The summed E-state index contributed by atoms with van der Waals surface area (Å²) in [6.07, 6.45) is -1.00. The first-order chi connectivity index (χ1) is 19.1. The molecule has 0 saturated carbocycles. The van der Waals surface area contributed by atoms with Crippen LogP contribution in [0.4, 0.5) is 10.5 Å². The number of nitrogens with zero attached hydrogens (tertiary/aromatic N) is 2. The summed E-state index contributed by atoms with van der Waals surface area (Å²) in [6, 6.07) is 12.3. The maximum atomic E-state index is 12.3. The minimum atomic E-state index is -3.90. The van der Waals surface area contributed by atoms with Crippen molar-refractivity contribution in [2.45, 2.75) is 44.1 Å². The van der Waals surface area contributed by atoms with E-state index in [1.165, 1.54) is 4.90 Å². The van der Waals surface area contributed by atoms with E-state index >= 15 is 0 Å². The molecule has 1 N–H and O–H groups in total. The van der Waals surface area contributed by atoms with Crippen LogP contribution in [-0.4, -0.2) is 96.1 Å². The Bertz CT molecular complexity index is 1250. The van der Waals surface area contributed by atoms with Gasteiger partial charge < -0.3 is 33.9 Å². The second-order valence-electron chi connectivity index (χ2n) is 10.1. The predicted molar refractivity (Wildman–Crippen MR) is 149 cm³/mol. The van der Waals surface area contributed by atoms with Crippen molar-refractivity contribution in [1.82, 2.24) is 4.90 Å². The summed E-state index contributed by atoms with van der Waals surface area (Å²) in [5, 5.41) is 9.92. The zero-order valence-corrected chi connectivity index (χ0v) is 24.1. The van der Waals surface area contributed by atoms with E-state index in [-0.39, 0.29) is 13.2 Å². The van der Waals surface area contributed by atoms with Crippen molar-refractivity contribution < 1.29 is 41.4 Å². The van der Waals surface area contributed by atoms with Crippen LogP contribution in [0.3, 0.4) is 0 Å². The van der Waals surface area contributed by atoms with E-state index in [2.05, 4.69) is 4.90 Å². The third-order valence-corrected chi connectivity index (χ3v) is 7.93. The molecule has 2 aromatic rings. The van der Waals surface area contributed by atoms with Gasteiger partial charge in [-0.2, -0.15) is 8.42 Å². The number of methoxy groups -OCH3 is 2. The maximum absolute atomic E-state index is 12.3. The van der Waals surface area contributed by atoms with E-state index in [0.717, 1.165) is 48.3 Å². The zero-order valence-electron chi connectivity index (χ0n) is 23.3. The van der Waals surface area contributed by atoms with Crippen LogP contribution in [0, 0.1) is 0 Å². The lowest BCUT2D eigenvalue weighted by molar-refractivity contribution is -0.0779. The lowest BCUT2D eigenvalue weighted by Gasteiger charge is -2.46. The molecular formula is C28H38N2O9S. The monoisotopic (exact) mass is 578 g/mol. The van der Waals surface area contributed by atoms with Gasteiger partial charge >= 0.3 is 6.09 Å². The van der Waals surface area contributed by atoms with Gasteiger partial charge in [0.25, 0.3) is 10.1 Å². The highest BCUT2D eigenvalue weighted by Gasteiger charge is 2.47. The van der Waals surface area contributed by atoms with E-state index in [1.807, 2.05) is 30.3 Å². The molecule has 11 nitrogen and oxygen atoms in total. The summed E-state index contributed by atoms with van der Waals surface area (Å²) in [6.45, 7) is 4.74. The number of likely N-dealkylation sites (tertiary alicyclic amines) is 1. The number of ether oxygens (including phenoxy) is 4. The molecule has 220 valence electrons. The number of piperidine rings is 1. The molecule has 2 aromatic carbocycles. The van der Waals surface area contributed by atoms with Gasteiger partial charge in [0.2, 0.25) is 0 Å². The third-order valence-electron chi connectivity index (χ3n) is 7.35. The van der Waals surface area contributed by atoms with Gasteiger partial charge in [-0.1, -0.05) is 18.2 Å².